The van der Waals surface area contributed by atoms with Gasteiger partial charge in [0.05, 0.1) is 9.98 Å². The Morgan fingerprint density at radius 1 is 1.43 bits per heavy atom. The van der Waals surface area contributed by atoms with Crippen LogP contribution in [0.25, 0.3) is 0 Å². The largest absolute Gasteiger partial charge is 0.330 e. The van der Waals surface area contributed by atoms with E-state index in [1.165, 1.54) is 12.4 Å². The molecule has 3 N–H and O–H groups in total. The summed E-state index contributed by atoms with van der Waals surface area (Å²) in [5.74, 6) is 0. The van der Waals surface area contributed by atoms with Gasteiger partial charge in [0.2, 0.25) is 10.0 Å². The van der Waals surface area contributed by atoms with E-state index in [-0.39, 0.29) is 4.90 Å². The Balaban J connectivity index is 1.90. The van der Waals surface area contributed by atoms with Gasteiger partial charge in [-0.05, 0) is 47.4 Å². The molecule has 9 heteroatoms. The highest BCUT2D eigenvalue weighted by Gasteiger charge is 2.15. The normalized spacial score (nSPS) is 11.9. The lowest BCUT2D eigenvalue weighted by atomic mass is 10.3. The number of aromatic nitrogens is 2. The molecule has 0 unspecified atom stereocenters. The average molecular weight is 393 g/mol. The zero-order chi connectivity index (χ0) is 15.3. The number of halogens is 1. The van der Waals surface area contributed by atoms with Crippen molar-refractivity contribution in [3.8, 4) is 0 Å². The predicted octanol–water partition coefficient (Wildman–Crippen LogP) is 1.58. The van der Waals surface area contributed by atoms with Crippen molar-refractivity contribution in [3.05, 3.63) is 33.2 Å². The molecule has 0 spiro atoms. The third-order valence-corrected chi connectivity index (χ3v) is 5.90. The summed E-state index contributed by atoms with van der Waals surface area (Å²) in [6.07, 6.45) is 4.32. The first kappa shape index (κ1) is 16.6. The quantitative estimate of drug-likeness (QED) is 0.713. The third kappa shape index (κ3) is 4.89. The van der Waals surface area contributed by atoms with Crippen LogP contribution >= 0.6 is 27.3 Å². The minimum atomic E-state index is -3.50. The minimum absolute atomic E-state index is 0.187. The molecular weight excluding hydrogens is 376 g/mol. The fourth-order valence-electron chi connectivity index (χ4n) is 1.74. The van der Waals surface area contributed by atoms with Crippen molar-refractivity contribution in [2.75, 3.05) is 13.1 Å². The summed E-state index contributed by atoms with van der Waals surface area (Å²) >= 11 is 4.98. The second-order valence-corrected chi connectivity index (χ2v) is 8.75. The first-order chi connectivity index (χ1) is 10.0. The van der Waals surface area contributed by atoms with E-state index in [1.807, 2.05) is 12.1 Å². The molecule has 0 aliphatic carbocycles. The number of hydrogen-bond acceptors (Lipinski definition) is 5. The minimum Gasteiger partial charge on any atom is -0.330 e. The molecule has 2 heterocycles. The highest BCUT2D eigenvalue weighted by molar-refractivity contribution is 9.11. The predicted molar refractivity (Wildman–Crippen MR) is 86.8 cm³/mol. The van der Waals surface area contributed by atoms with Gasteiger partial charge in [-0.2, -0.15) is 5.10 Å². The monoisotopic (exact) mass is 392 g/mol. The molecule has 0 aliphatic rings. The van der Waals surface area contributed by atoms with Gasteiger partial charge in [-0.3, -0.25) is 4.68 Å². The molecule has 21 heavy (non-hydrogen) atoms. The molecule has 2 rings (SSSR count). The maximum absolute atomic E-state index is 12.1. The fourth-order valence-corrected chi connectivity index (χ4v) is 4.20. The first-order valence-corrected chi connectivity index (χ1v) is 9.57. The van der Waals surface area contributed by atoms with E-state index in [2.05, 4.69) is 25.8 Å². The first-order valence-electron chi connectivity index (χ1n) is 6.47. The van der Waals surface area contributed by atoms with Crippen molar-refractivity contribution in [1.82, 2.24) is 14.5 Å². The van der Waals surface area contributed by atoms with Crippen LogP contribution in [0.2, 0.25) is 0 Å². The molecule has 0 atom stereocenters. The van der Waals surface area contributed by atoms with Gasteiger partial charge in [-0.25, -0.2) is 13.1 Å². The van der Waals surface area contributed by atoms with Crippen molar-refractivity contribution in [3.63, 3.8) is 0 Å². The van der Waals surface area contributed by atoms with Crippen LogP contribution in [-0.2, 0) is 23.0 Å². The van der Waals surface area contributed by atoms with Gasteiger partial charge < -0.3 is 5.73 Å². The Hall–Kier alpha value is -0.740. The van der Waals surface area contributed by atoms with Crippen LogP contribution in [0, 0.1) is 0 Å². The number of nitrogens with one attached hydrogen (secondary N) is 1. The number of rotatable bonds is 8. The smallest absolute Gasteiger partial charge is 0.243 e. The molecule has 0 bridgehead atoms. The zero-order valence-electron chi connectivity index (χ0n) is 11.3. The van der Waals surface area contributed by atoms with Gasteiger partial charge >= 0.3 is 0 Å². The van der Waals surface area contributed by atoms with Crippen LogP contribution in [0.1, 0.15) is 11.3 Å². The van der Waals surface area contributed by atoms with Gasteiger partial charge in [0.1, 0.15) is 4.90 Å². The number of aryl methyl sites for hydroxylation is 1. The Morgan fingerprint density at radius 2 is 2.24 bits per heavy atom. The van der Waals surface area contributed by atoms with Crippen molar-refractivity contribution >= 4 is 37.3 Å². The maximum Gasteiger partial charge on any atom is 0.243 e. The second-order valence-electron chi connectivity index (χ2n) is 4.43. The molecular formula is C12H17BrN4O2S2. The zero-order valence-corrected chi connectivity index (χ0v) is 14.5. The van der Waals surface area contributed by atoms with E-state index in [0.717, 1.165) is 15.1 Å². The molecule has 6 nitrogen and oxygen atoms in total. The lowest BCUT2D eigenvalue weighted by molar-refractivity contribution is 0.576. The van der Waals surface area contributed by atoms with E-state index < -0.39 is 10.0 Å². The number of sulfonamides is 1. The van der Waals surface area contributed by atoms with Crippen molar-refractivity contribution in [2.24, 2.45) is 5.73 Å². The lowest BCUT2D eigenvalue weighted by Crippen LogP contribution is -2.25. The van der Waals surface area contributed by atoms with E-state index in [9.17, 15) is 8.42 Å². The Kier molecular flexibility index (Phi) is 5.94. The molecule has 2 aromatic rings. The van der Waals surface area contributed by atoms with Gasteiger partial charge in [-0.1, -0.05) is 0 Å². The number of nitrogens with two attached hydrogens (primary N) is 1. The lowest BCUT2D eigenvalue weighted by Gasteiger charge is -2.03. The second kappa shape index (κ2) is 7.50. The fraction of sp³-hybridized carbons (Fsp3) is 0.417. The van der Waals surface area contributed by atoms with Crippen LogP contribution in [-0.4, -0.2) is 31.3 Å². The third-order valence-electron chi connectivity index (χ3n) is 2.80. The van der Waals surface area contributed by atoms with E-state index >= 15 is 0 Å². The van der Waals surface area contributed by atoms with Crippen molar-refractivity contribution < 1.29 is 8.42 Å². The highest BCUT2D eigenvalue weighted by Crippen LogP contribution is 2.22. The summed E-state index contributed by atoms with van der Waals surface area (Å²) in [6, 6.07) is 3.93. The summed E-state index contributed by atoms with van der Waals surface area (Å²) in [4.78, 5) is 1.31. The van der Waals surface area contributed by atoms with Crippen LogP contribution < -0.4 is 10.5 Å². The van der Waals surface area contributed by atoms with Crippen LogP contribution in [0.3, 0.4) is 0 Å². The summed E-state index contributed by atoms with van der Waals surface area (Å²) < 4.78 is 29.5. The van der Waals surface area contributed by atoms with Crippen LogP contribution in [0.4, 0.5) is 0 Å². The molecule has 0 amide bonds. The highest BCUT2D eigenvalue weighted by atomic mass is 79.9. The van der Waals surface area contributed by atoms with Crippen molar-refractivity contribution in [2.45, 2.75) is 24.3 Å². The molecule has 0 fully saturated rings. The summed E-state index contributed by atoms with van der Waals surface area (Å²) in [6.45, 7) is 1.54. The van der Waals surface area contributed by atoms with Crippen LogP contribution in [0.5, 0.6) is 0 Å². The SMILES string of the molecule is NCCCn1cc(S(=O)(=O)NCCc2ccc(Br)s2)cn1. The summed E-state index contributed by atoms with van der Waals surface area (Å²) in [5, 5.41) is 4.03. The van der Waals surface area contributed by atoms with Gasteiger partial charge in [0.15, 0.2) is 0 Å². The van der Waals surface area contributed by atoms with Crippen LogP contribution in [0.15, 0.2) is 33.2 Å². The van der Waals surface area contributed by atoms with E-state index in [0.29, 0.717) is 26.1 Å². The van der Waals surface area contributed by atoms with E-state index in [4.69, 9.17) is 5.73 Å². The molecule has 0 saturated carbocycles. The molecule has 0 radical (unpaired) electrons. The van der Waals surface area contributed by atoms with E-state index in [1.54, 1.807) is 16.0 Å². The van der Waals surface area contributed by atoms with Crippen molar-refractivity contribution in [1.29, 1.82) is 0 Å². The maximum atomic E-state index is 12.1. The van der Waals surface area contributed by atoms with Gasteiger partial charge in [0.25, 0.3) is 0 Å². The molecule has 0 aromatic carbocycles. The molecule has 0 aliphatic heterocycles. The summed E-state index contributed by atoms with van der Waals surface area (Å²) in [5.41, 5.74) is 5.42. The Labute approximate surface area is 136 Å². The molecule has 2 aromatic heterocycles. The standard InChI is InChI=1S/C12H17BrN4O2S2/c13-12-3-2-10(20-12)4-6-16-21(18,19)11-8-15-17(9-11)7-1-5-14/h2-3,8-9,16H,1,4-7,14H2. The Morgan fingerprint density at radius 3 is 2.90 bits per heavy atom. The average Bonchev–Trinajstić information content (AvgIpc) is 3.06. The molecule has 0 saturated heterocycles. The number of hydrogen-bond donors (Lipinski definition) is 2. The number of nitrogens with zero attached hydrogens (tertiary/aromatic N) is 2. The Bertz CT molecular complexity index is 681. The summed E-state index contributed by atoms with van der Waals surface area (Å²) in [7, 11) is -3.50. The number of thiophene rings is 1. The van der Waals surface area contributed by atoms with Gasteiger partial charge in [0, 0.05) is 24.2 Å². The van der Waals surface area contributed by atoms with Gasteiger partial charge in [-0.15, -0.1) is 11.3 Å². The molecule has 116 valence electrons. The topological polar surface area (TPSA) is 90.0 Å².